The van der Waals surface area contributed by atoms with Gasteiger partial charge in [-0.1, -0.05) is 202 Å². The van der Waals surface area contributed by atoms with Crippen LogP contribution in [0.5, 0.6) is 11.5 Å². The average molecular weight is 898 g/mol. The van der Waals surface area contributed by atoms with E-state index in [1.807, 2.05) is 11.3 Å². The van der Waals surface area contributed by atoms with Crippen LogP contribution in [0.15, 0.2) is 224 Å². The van der Waals surface area contributed by atoms with Crippen molar-refractivity contribution in [3.8, 4) is 44.9 Å². The fourth-order valence-corrected chi connectivity index (χ4v) is 13.8. The maximum atomic E-state index is 7.24. The van der Waals surface area contributed by atoms with Gasteiger partial charge in [-0.2, -0.15) is 0 Å². The third-order valence-corrected chi connectivity index (χ3v) is 16.9. The van der Waals surface area contributed by atoms with Gasteiger partial charge in [0.05, 0.1) is 21.5 Å². The minimum atomic E-state index is -0.612. The molecule has 2 aliphatic carbocycles. The Morgan fingerprint density at radius 2 is 0.928 bits per heavy atom. The van der Waals surface area contributed by atoms with Crippen LogP contribution in [-0.2, 0) is 10.8 Å². The van der Waals surface area contributed by atoms with E-state index < -0.39 is 5.41 Å². The minimum Gasteiger partial charge on any atom is -0.455 e. The van der Waals surface area contributed by atoms with Gasteiger partial charge in [0.1, 0.15) is 11.5 Å². The summed E-state index contributed by atoms with van der Waals surface area (Å²) < 4.78 is 9.81. The molecule has 3 heteroatoms. The number of anilines is 3. The first-order valence-corrected chi connectivity index (χ1v) is 24.8. The zero-order valence-corrected chi connectivity index (χ0v) is 38.9. The van der Waals surface area contributed by atoms with Gasteiger partial charge in [-0.3, -0.25) is 0 Å². The van der Waals surface area contributed by atoms with Gasteiger partial charge in [0.15, 0.2) is 0 Å². The van der Waals surface area contributed by atoms with Crippen LogP contribution in [0.2, 0.25) is 0 Å². The first-order chi connectivity index (χ1) is 34.0. The summed E-state index contributed by atoms with van der Waals surface area (Å²) >= 11 is 1.88. The summed E-state index contributed by atoms with van der Waals surface area (Å²) in [5.74, 6) is 1.86. The summed E-state index contributed by atoms with van der Waals surface area (Å²) in [5.41, 5.74) is 17.8. The second-order valence-corrected chi connectivity index (χ2v) is 20.5. The lowest BCUT2D eigenvalue weighted by Gasteiger charge is -2.40. The molecule has 0 unspecified atom stereocenters. The average Bonchev–Trinajstić information content (AvgIpc) is 4.00. The SMILES string of the molecule is CC1(C)c2ccccc2-c2ccc(N(c3ccccc3-c3ccc4c(c3)-c3ccccc3C43c4ccc5ccccc5c4Oc4c3ccc3ccccc43)c3cccc4c3sc3ccccc34)cc21. The molecule has 2 heterocycles. The molecule has 1 spiro atoms. The zero-order chi connectivity index (χ0) is 45.6. The van der Waals surface area contributed by atoms with Crippen LogP contribution in [0, 0.1) is 0 Å². The molecular weight excluding hydrogens is 855 g/mol. The maximum Gasteiger partial charge on any atom is 0.140 e. The van der Waals surface area contributed by atoms with Crippen LogP contribution in [0.25, 0.3) is 75.1 Å². The van der Waals surface area contributed by atoms with Gasteiger partial charge in [-0.25, -0.2) is 0 Å². The Morgan fingerprint density at radius 3 is 1.68 bits per heavy atom. The number of ether oxygens (including phenoxy) is 1. The molecule has 0 saturated heterocycles. The predicted molar refractivity (Wildman–Crippen MR) is 289 cm³/mol. The molecule has 0 amide bonds. The van der Waals surface area contributed by atoms with Gasteiger partial charge >= 0.3 is 0 Å². The van der Waals surface area contributed by atoms with E-state index in [0.717, 1.165) is 33.6 Å². The first kappa shape index (κ1) is 38.8. The Labute approximate surface area is 405 Å². The fourth-order valence-electron chi connectivity index (χ4n) is 12.6. The van der Waals surface area contributed by atoms with E-state index in [9.17, 15) is 0 Å². The molecular formula is C66H43NOS. The molecule has 1 aliphatic heterocycles. The second kappa shape index (κ2) is 14.1. The summed E-state index contributed by atoms with van der Waals surface area (Å²) in [5, 5.41) is 7.15. The molecule has 3 aliphatic rings. The summed E-state index contributed by atoms with van der Waals surface area (Å²) in [6.45, 7) is 4.75. The molecule has 0 fully saturated rings. The number of hydrogen-bond acceptors (Lipinski definition) is 3. The smallest absolute Gasteiger partial charge is 0.140 e. The van der Waals surface area contributed by atoms with Crippen molar-refractivity contribution in [2.24, 2.45) is 0 Å². The van der Waals surface area contributed by atoms with Crippen molar-refractivity contribution in [3.63, 3.8) is 0 Å². The molecule has 2 nitrogen and oxygen atoms in total. The van der Waals surface area contributed by atoms with Gasteiger partial charge in [0.25, 0.3) is 0 Å². The van der Waals surface area contributed by atoms with E-state index in [1.165, 1.54) is 103 Å². The number of nitrogens with zero attached hydrogens (tertiary/aromatic N) is 1. The van der Waals surface area contributed by atoms with Gasteiger partial charge in [-0.15, -0.1) is 11.3 Å². The number of fused-ring (bicyclic) bond motifs is 19. The van der Waals surface area contributed by atoms with E-state index in [0.29, 0.717) is 0 Å². The van der Waals surface area contributed by atoms with Crippen LogP contribution in [0.3, 0.4) is 0 Å². The normalized spacial score (nSPS) is 14.3. The largest absolute Gasteiger partial charge is 0.455 e. The fraction of sp³-hybridized carbons (Fsp3) is 0.0606. The number of hydrogen-bond donors (Lipinski definition) is 0. The van der Waals surface area contributed by atoms with Crippen LogP contribution >= 0.6 is 11.3 Å². The highest BCUT2D eigenvalue weighted by atomic mass is 32.1. The van der Waals surface area contributed by atoms with E-state index >= 15 is 0 Å². The lowest BCUT2D eigenvalue weighted by atomic mass is 9.65. The van der Waals surface area contributed by atoms with Gasteiger partial charge in [0.2, 0.25) is 0 Å². The predicted octanol–water partition coefficient (Wildman–Crippen LogP) is 18.3. The molecule has 15 rings (SSSR count). The Kier molecular flexibility index (Phi) is 7.96. The molecule has 0 radical (unpaired) electrons. The van der Waals surface area contributed by atoms with Gasteiger partial charge < -0.3 is 9.64 Å². The molecule has 69 heavy (non-hydrogen) atoms. The first-order valence-electron chi connectivity index (χ1n) is 24.0. The second-order valence-electron chi connectivity index (χ2n) is 19.5. The molecule has 12 aromatic rings. The Balaban J connectivity index is 0.979. The Morgan fingerprint density at radius 1 is 0.377 bits per heavy atom. The number of rotatable bonds is 4. The van der Waals surface area contributed by atoms with Crippen LogP contribution in [0.1, 0.15) is 47.2 Å². The van der Waals surface area contributed by atoms with Crippen molar-refractivity contribution >= 4 is 70.1 Å². The van der Waals surface area contributed by atoms with Crippen molar-refractivity contribution in [2.45, 2.75) is 24.7 Å². The van der Waals surface area contributed by atoms with Crippen molar-refractivity contribution < 1.29 is 4.74 Å². The lowest BCUT2D eigenvalue weighted by molar-refractivity contribution is 0.447. The molecule has 0 bridgehead atoms. The summed E-state index contributed by atoms with van der Waals surface area (Å²) in [7, 11) is 0. The van der Waals surface area contributed by atoms with Gasteiger partial charge in [0, 0.05) is 54.0 Å². The standard InChI is InChI=1S/C66H43NOS/c1-65(2)53-25-11-7-21-47(53)49-34-33-43(39-58(49)65)67(60-28-15-24-51-50-23-10-14-29-61(50)69-64(51)60)59-27-13-9-18-44(59)42-32-35-55-52(38-42)48-22-8-12-26-54(48)66(55)56-36-30-40-16-3-5-19-45(40)62(56)68-63-46-20-6-4-17-41(46)31-37-57(63)66/h3-39H,1-2H3. The summed E-state index contributed by atoms with van der Waals surface area (Å²) in [6.07, 6.45) is 0. The van der Waals surface area contributed by atoms with Crippen molar-refractivity contribution in [3.05, 3.63) is 258 Å². The number of thiophene rings is 1. The summed E-state index contributed by atoms with van der Waals surface area (Å²) in [6, 6.07) is 83.7. The van der Waals surface area contributed by atoms with Gasteiger partial charge in [-0.05, 0) is 97.2 Å². The van der Waals surface area contributed by atoms with Crippen LogP contribution in [-0.4, -0.2) is 0 Å². The molecule has 1 aromatic heterocycles. The third kappa shape index (κ3) is 5.20. The van der Waals surface area contributed by atoms with E-state index in [1.54, 1.807) is 0 Å². The van der Waals surface area contributed by atoms with E-state index in [4.69, 9.17) is 4.74 Å². The third-order valence-electron chi connectivity index (χ3n) is 15.7. The monoisotopic (exact) mass is 897 g/mol. The van der Waals surface area contributed by atoms with Crippen LogP contribution < -0.4 is 9.64 Å². The number of para-hydroxylation sites is 1. The van der Waals surface area contributed by atoms with Crippen LogP contribution in [0.4, 0.5) is 17.1 Å². The van der Waals surface area contributed by atoms with Crippen molar-refractivity contribution in [1.29, 1.82) is 0 Å². The zero-order valence-electron chi connectivity index (χ0n) is 38.1. The lowest BCUT2D eigenvalue weighted by Crippen LogP contribution is -2.32. The van der Waals surface area contributed by atoms with Crippen molar-refractivity contribution in [1.82, 2.24) is 0 Å². The highest BCUT2D eigenvalue weighted by molar-refractivity contribution is 7.26. The maximum absolute atomic E-state index is 7.24. The van der Waals surface area contributed by atoms with E-state index in [2.05, 4.69) is 243 Å². The molecule has 0 atom stereocenters. The molecule has 11 aromatic carbocycles. The number of benzene rings is 11. The Hall–Kier alpha value is -8.24. The quantitative estimate of drug-likeness (QED) is 0.175. The molecule has 324 valence electrons. The summed E-state index contributed by atoms with van der Waals surface area (Å²) in [4.78, 5) is 2.54. The topological polar surface area (TPSA) is 12.5 Å². The molecule has 0 N–H and O–H groups in total. The highest BCUT2D eigenvalue weighted by Gasteiger charge is 2.52. The van der Waals surface area contributed by atoms with Crippen molar-refractivity contribution in [2.75, 3.05) is 4.90 Å². The van der Waals surface area contributed by atoms with E-state index in [-0.39, 0.29) is 5.41 Å². The Bertz CT molecular complexity index is 4090. The molecule has 0 saturated carbocycles. The highest BCUT2D eigenvalue weighted by Crippen LogP contribution is 2.64. The minimum absolute atomic E-state index is 0.153.